The molecule has 0 saturated heterocycles. The molecule has 2 rings (SSSR count). The third-order valence-electron chi connectivity index (χ3n) is 3.85. The zero-order valence-electron chi connectivity index (χ0n) is 14.3. The number of halogens is 3. The average Bonchev–Trinajstić information content (AvgIpc) is 2.64. The monoisotopic (exact) mass is 382 g/mol. The largest absolute Gasteiger partial charge is 0.496 e. The predicted octanol–water partition coefficient (Wildman–Crippen LogP) is 2.78. The molecule has 0 fully saturated rings. The number of nitrogens with one attached hydrogen (secondary N) is 1. The molecule has 1 heterocycles. The second-order valence-corrected chi connectivity index (χ2v) is 5.66. The van der Waals surface area contributed by atoms with Crippen LogP contribution in [0.2, 0.25) is 0 Å². The van der Waals surface area contributed by atoms with Crippen LogP contribution in [0.3, 0.4) is 0 Å². The van der Waals surface area contributed by atoms with Crippen molar-refractivity contribution in [1.29, 1.82) is 0 Å². The third kappa shape index (κ3) is 5.19. The molecular formula is C18H17F3N2O4. The van der Waals surface area contributed by atoms with E-state index < -0.39 is 35.2 Å². The number of aromatic nitrogens is 1. The summed E-state index contributed by atoms with van der Waals surface area (Å²) in [6.07, 6.45) is -3.65. The number of alkyl halides is 3. The fraction of sp³-hybridized carbons (Fsp3) is 0.278. The molecule has 0 saturated carbocycles. The Labute approximate surface area is 153 Å². The second kappa shape index (κ2) is 8.52. The highest BCUT2D eigenvalue weighted by molar-refractivity contribution is 5.94. The average molecular weight is 382 g/mol. The maximum atomic E-state index is 13.0. The van der Waals surface area contributed by atoms with Gasteiger partial charge in [0.2, 0.25) is 0 Å². The number of ether oxygens (including phenoxy) is 1. The molecule has 0 radical (unpaired) electrons. The molecule has 2 N–H and O–H groups in total. The zero-order chi connectivity index (χ0) is 20.0. The number of benzene rings is 1. The van der Waals surface area contributed by atoms with Crippen LogP contribution in [0, 0.1) is 5.92 Å². The van der Waals surface area contributed by atoms with Crippen LogP contribution in [0.5, 0.6) is 5.75 Å². The van der Waals surface area contributed by atoms with Gasteiger partial charge in [0.1, 0.15) is 11.4 Å². The van der Waals surface area contributed by atoms with E-state index in [1.54, 1.807) is 24.3 Å². The van der Waals surface area contributed by atoms with E-state index in [1.807, 2.05) is 0 Å². The lowest BCUT2D eigenvalue weighted by Crippen LogP contribution is -2.35. The van der Waals surface area contributed by atoms with Gasteiger partial charge in [0.25, 0.3) is 5.91 Å². The van der Waals surface area contributed by atoms with Crippen LogP contribution in [0.1, 0.15) is 21.6 Å². The van der Waals surface area contributed by atoms with E-state index in [-0.39, 0.29) is 13.0 Å². The van der Waals surface area contributed by atoms with E-state index in [4.69, 9.17) is 4.74 Å². The fourth-order valence-electron chi connectivity index (χ4n) is 2.50. The van der Waals surface area contributed by atoms with Crippen LogP contribution in [0.15, 0.2) is 42.6 Å². The number of carboxylic acid groups (broad SMARTS) is 1. The van der Waals surface area contributed by atoms with Crippen LogP contribution in [-0.4, -0.2) is 35.6 Å². The maximum absolute atomic E-state index is 13.0. The molecule has 6 nitrogen and oxygen atoms in total. The lowest BCUT2D eigenvalue weighted by Gasteiger charge is -2.16. The summed E-state index contributed by atoms with van der Waals surface area (Å²) in [6.45, 7) is -0.361. The summed E-state index contributed by atoms with van der Waals surface area (Å²) in [4.78, 5) is 27.1. The number of aliphatic carboxylic acids is 1. The van der Waals surface area contributed by atoms with E-state index in [9.17, 15) is 27.9 Å². The quantitative estimate of drug-likeness (QED) is 0.769. The minimum Gasteiger partial charge on any atom is -0.496 e. The maximum Gasteiger partial charge on any atom is 0.418 e. The van der Waals surface area contributed by atoms with Crippen LogP contribution in [-0.2, 0) is 17.4 Å². The first kappa shape index (κ1) is 20.2. The van der Waals surface area contributed by atoms with Gasteiger partial charge in [-0.25, -0.2) is 0 Å². The number of nitrogens with zero attached hydrogens (tertiary/aromatic N) is 1. The molecule has 9 heteroatoms. The lowest BCUT2D eigenvalue weighted by atomic mass is 9.98. The van der Waals surface area contributed by atoms with E-state index in [0.29, 0.717) is 11.3 Å². The van der Waals surface area contributed by atoms with Crippen molar-refractivity contribution in [1.82, 2.24) is 10.3 Å². The summed E-state index contributed by atoms with van der Waals surface area (Å²) in [6, 6.07) is 8.58. The van der Waals surface area contributed by atoms with Gasteiger partial charge in [-0.1, -0.05) is 18.2 Å². The zero-order valence-corrected chi connectivity index (χ0v) is 14.3. The van der Waals surface area contributed by atoms with Gasteiger partial charge >= 0.3 is 12.1 Å². The molecular weight excluding hydrogens is 365 g/mol. The first-order chi connectivity index (χ1) is 12.7. The number of hydrogen-bond acceptors (Lipinski definition) is 4. The summed E-state index contributed by atoms with van der Waals surface area (Å²) in [5.41, 5.74) is -1.37. The molecule has 0 bridgehead atoms. The van der Waals surface area contributed by atoms with Crippen molar-refractivity contribution in [2.45, 2.75) is 12.6 Å². The van der Waals surface area contributed by atoms with Crippen molar-refractivity contribution in [2.24, 2.45) is 5.92 Å². The lowest BCUT2D eigenvalue weighted by molar-refractivity contribution is -0.141. The molecule has 1 aromatic carbocycles. The molecule has 1 unspecified atom stereocenters. The van der Waals surface area contributed by atoms with E-state index in [0.717, 1.165) is 18.3 Å². The summed E-state index contributed by atoms with van der Waals surface area (Å²) >= 11 is 0. The first-order valence-corrected chi connectivity index (χ1v) is 7.89. The molecule has 0 spiro atoms. The topological polar surface area (TPSA) is 88.5 Å². The van der Waals surface area contributed by atoms with Gasteiger partial charge in [0, 0.05) is 12.7 Å². The number of pyridine rings is 1. The Hall–Kier alpha value is -3.10. The SMILES string of the molecule is COc1ccccc1CC(CNC(=O)c1ncccc1C(F)(F)F)C(=O)O. The Morgan fingerprint density at radius 1 is 1.22 bits per heavy atom. The van der Waals surface area contributed by atoms with Crippen molar-refractivity contribution >= 4 is 11.9 Å². The van der Waals surface area contributed by atoms with Crippen LogP contribution < -0.4 is 10.1 Å². The summed E-state index contributed by atoms with van der Waals surface area (Å²) < 4.78 is 44.1. The minimum absolute atomic E-state index is 0.0357. The smallest absolute Gasteiger partial charge is 0.418 e. The van der Waals surface area contributed by atoms with Gasteiger partial charge in [-0.05, 0) is 30.2 Å². The van der Waals surface area contributed by atoms with E-state index in [1.165, 1.54) is 7.11 Å². The number of carboxylic acids is 1. The Balaban J connectivity index is 2.13. The van der Waals surface area contributed by atoms with Gasteiger partial charge in [0.15, 0.2) is 0 Å². The minimum atomic E-state index is -4.75. The second-order valence-electron chi connectivity index (χ2n) is 5.66. The normalized spacial score (nSPS) is 12.3. The van der Waals surface area contributed by atoms with Gasteiger partial charge < -0.3 is 15.2 Å². The van der Waals surface area contributed by atoms with E-state index in [2.05, 4.69) is 10.3 Å². The Bertz CT molecular complexity index is 824. The number of hydrogen-bond donors (Lipinski definition) is 2. The van der Waals surface area contributed by atoms with Gasteiger partial charge in [-0.15, -0.1) is 0 Å². The molecule has 0 aliphatic carbocycles. The van der Waals surface area contributed by atoms with Crippen molar-refractivity contribution in [3.05, 3.63) is 59.4 Å². The number of rotatable bonds is 7. The highest BCUT2D eigenvalue weighted by atomic mass is 19.4. The van der Waals surface area contributed by atoms with Crippen LogP contribution in [0.25, 0.3) is 0 Å². The highest BCUT2D eigenvalue weighted by Gasteiger charge is 2.36. The summed E-state index contributed by atoms with van der Waals surface area (Å²) in [7, 11) is 1.44. The van der Waals surface area contributed by atoms with Crippen molar-refractivity contribution < 1.29 is 32.6 Å². The standard InChI is InChI=1S/C18H17F3N2O4/c1-27-14-7-3-2-5-11(14)9-12(17(25)26)10-23-16(24)15-13(18(19,20)21)6-4-8-22-15/h2-8,12H,9-10H2,1H3,(H,23,24)(H,25,26). The molecule has 1 atom stereocenters. The van der Waals surface area contributed by atoms with Crippen molar-refractivity contribution in [3.63, 3.8) is 0 Å². The molecule has 2 aromatic rings. The van der Waals surface area contributed by atoms with Gasteiger partial charge in [-0.3, -0.25) is 14.6 Å². The van der Waals surface area contributed by atoms with Gasteiger partial charge in [-0.2, -0.15) is 13.2 Å². The molecule has 0 aliphatic rings. The molecule has 27 heavy (non-hydrogen) atoms. The summed E-state index contributed by atoms with van der Waals surface area (Å²) in [5.74, 6) is -2.85. The summed E-state index contributed by atoms with van der Waals surface area (Å²) in [5, 5.41) is 11.6. The number of carbonyl (C=O) groups excluding carboxylic acids is 1. The number of amides is 1. The van der Waals surface area contributed by atoms with E-state index >= 15 is 0 Å². The number of methoxy groups -OCH3 is 1. The van der Waals surface area contributed by atoms with Crippen LogP contribution in [0.4, 0.5) is 13.2 Å². The molecule has 0 aliphatic heterocycles. The predicted molar refractivity (Wildman–Crippen MR) is 89.4 cm³/mol. The first-order valence-electron chi connectivity index (χ1n) is 7.89. The number of para-hydroxylation sites is 1. The Morgan fingerprint density at radius 3 is 2.56 bits per heavy atom. The third-order valence-corrected chi connectivity index (χ3v) is 3.85. The van der Waals surface area contributed by atoms with Crippen molar-refractivity contribution in [3.8, 4) is 5.75 Å². The van der Waals surface area contributed by atoms with Crippen LogP contribution >= 0.6 is 0 Å². The fourth-order valence-corrected chi connectivity index (χ4v) is 2.50. The molecule has 144 valence electrons. The van der Waals surface area contributed by atoms with Gasteiger partial charge in [0.05, 0.1) is 18.6 Å². The highest BCUT2D eigenvalue weighted by Crippen LogP contribution is 2.31. The molecule has 1 amide bonds. The molecule has 1 aromatic heterocycles. The Kier molecular flexibility index (Phi) is 6.38. The van der Waals surface area contributed by atoms with Crippen molar-refractivity contribution in [2.75, 3.05) is 13.7 Å². The number of carbonyl (C=O) groups is 2. The Morgan fingerprint density at radius 2 is 1.93 bits per heavy atom.